The van der Waals surface area contributed by atoms with Gasteiger partial charge in [-0.2, -0.15) is 0 Å². The highest BCUT2D eigenvalue weighted by Crippen LogP contribution is 2.28. The van der Waals surface area contributed by atoms with Crippen LogP contribution in [0.2, 0.25) is 0 Å². The van der Waals surface area contributed by atoms with Crippen LogP contribution in [-0.4, -0.2) is 69.8 Å². The number of aromatic nitrogens is 1. The normalized spacial score (nSPS) is 15.1. The summed E-state index contributed by atoms with van der Waals surface area (Å²) in [6.45, 7) is 1.27. The van der Waals surface area contributed by atoms with Crippen molar-refractivity contribution < 1.29 is 24.2 Å². The fourth-order valence-corrected chi connectivity index (χ4v) is 4.02. The molecule has 2 aromatic rings. The van der Waals surface area contributed by atoms with Crippen LogP contribution >= 0.6 is 11.3 Å². The summed E-state index contributed by atoms with van der Waals surface area (Å²) in [5.74, 6) is -1.82. The number of hydrogen-bond donors (Lipinski definition) is 3. The summed E-state index contributed by atoms with van der Waals surface area (Å²) in [4.78, 5) is 43.4. The zero-order valence-corrected chi connectivity index (χ0v) is 17.5. The summed E-state index contributed by atoms with van der Waals surface area (Å²) in [7, 11) is 0. The molecular formula is C20H23N5O5S. The average molecular weight is 446 g/mol. The van der Waals surface area contributed by atoms with Gasteiger partial charge in [0, 0.05) is 36.8 Å². The van der Waals surface area contributed by atoms with Crippen LogP contribution in [-0.2, 0) is 14.4 Å². The number of ether oxygens (including phenoxy) is 1. The van der Waals surface area contributed by atoms with E-state index >= 15 is 0 Å². The molecule has 1 aromatic heterocycles. The second-order valence-corrected chi connectivity index (χ2v) is 7.84. The van der Waals surface area contributed by atoms with E-state index in [1.807, 2.05) is 0 Å². The summed E-state index contributed by atoms with van der Waals surface area (Å²) in [5.41, 5.74) is 6.02. The third kappa shape index (κ3) is 5.57. The number of nitrogen functional groups attached to an aromatic ring is 1. The molecule has 11 heteroatoms. The topological polar surface area (TPSA) is 150 Å². The molecule has 1 atom stereocenters. The maximum Gasteiger partial charge on any atom is 0.312 e. The van der Waals surface area contributed by atoms with Gasteiger partial charge in [-0.1, -0.05) is 0 Å². The zero-order chi connectivity index (χ0) is 22.4. The first kappa shape index (κ1) is 22.2. The summed E-state index contributed by atoms with van der Waals surface area (Å²) < 4.78 is 5.63. The van der Waals surface area contributed by atoms with Gasteiger partial charge in [-0.25, -0.2) is 4.98 Å². The molecule has 0 bridgehead atoms. The number of aliphatic carboxylic acids is 1. The van der Waals surface area contributed by atoms with Crippen LogP contribution in [0, 0.1) is 5.41 Å². The SMILES string of the molecule is N=C(N)c1ccc(OCCCN2CCN(C(CC(=O)O)c3nccs3)C(=O)C2=O)cc1. The van der Waals surface area contributed by atoms with Crippen molar-refractivity contribution in [2.24, 2.45) is 5.73 Å². The van der Waals surface area contributed by atoms with Crippen LogP contribution in [0.5, 0.6) is 5.75 Å². The Labute approximate surface area is 182 Å². The Morgan fingerprint density at radius 3 is 2.61 bits per heavy atom. The number of piperazine rings is 1. The predicted molar refractivity (Wildman–Crippen MR) is 113 cm³/mol. The minimum absolute atomic E-state index is 0.0191. The van der Waals surface area contributed by atoms with Gasteiger partial charge in [-0.05, 0) is 30.7 Å². The molecule has 1 aliphatic rings. The van der Waals surface area contributed by atoms with E-state index in [1.165, 1.54) is 21.1 Å². The summed E-state index contributed by atoms with van der Waals surface area (Å²) in [6, 6.07) is 6.05. The third-order valence-electron chi connectivity index (χ3n) is 4.83. The van der Waals surface area contributed by atoms with Crippen molar-refractivity contribution in [1.82, 2.24) is 14.8 Å². The Balaban J connectivity index is 1.51. The number of hydrogen-bond acceptors (Lipinski definition) is 7. The number of carboxylic acid groups (broad SMARTS) is 1. The lowest BCUT2D eigenvalue weighted by Crippen LogP contribution is -2.55. The van der Waals surface area contributed by atoms with Gasteiger partial charge in [0.05, 0.1) is 19.1 Å². The number of rotatable bonds is 10. The van der Waals surface area contributed by atoms with Crippen LogP contribution in [0.15, 0.2) is 35.8 Å². The maximum absolute atomic E-state index is 12.7. The maximum atomic E-state index is 12.7. The zero-order valence-electron chi connectivity index (χ0n) is 16.7. The summed E-state index contributed by atoms with van der Waals surface area (Å²) in [5, 5.41) is 18.8. The van der Waals surface area contributed by atoms with Crippen molar-refractivity contribution in [3.05, 3.63) is 46.4 Å². The molecule has 1 fully saturated rings. The van der Waals surface area contributed by atoms with E-state index in [-0.39, 0.29) is 18.8 Å². The highest BCUT2D eigenvalue weighted by molar-refractivity contribution is 7.09. The van der Waals surface area contributed by atoms with Crippen LogP contribution in [0.25, 0.3) is 0 Å². The smallest absolute Gasteiger partial charge is 0.312 e. The van der Waals surface area contributed by atoms with Crippen molar-refractivity contribution in [2.75, 3.05) is 26.2 Å². The highest BCUT2D eigenvalue weighted by Gasteiger charge is 2.38. The fourth-order valence-electron chi connectivity index (χ4n) is 3.27. The van der Waals surface area contributed by atoms with Gasteiger partial charge < -0.3 is 25.4 Å². The molecule has 0 aliphatic carbocycles. The predicted octanol–water partition coefficient (Wildman–Crippen LogP) is 1.08. The molecule has 1 saturated heterocycles. The van der Waals surface area contributed by atoms with E-state index in [0.717, 1.165) is 0 Å². The van der Waals surface area contributed by atoms with E-state index in [4.69, 9.17) is 15.9 Å². The van der Waals surface area contributed by atoms with Gasteiger partial charge >= 0.3 is 17.8 Å². The van der Waals surface area contributed by atoms with E-state index in [1.54, 1.807) is 35.8 Å². The van der Waals surface area contributed by atoms with Crippen LogP contribution in [0.1, 0.15) is 29.5 Å². The van der Waals surface area contributed by atoms with Crippen LogP contribution in [0.4, 0.5) is 0 Å². The third-order valence-corrected chi connectivity index (χ3v) is 5.71. The van der Waals surface area contributed by atoms with Crippen molar-refractivity contribution in [2.45, 2.75) is 18.9 Å². The number of nitrogens with one attached hydrogen (secondary N) is 1. The monoisotopic (exact) mass is 445 g/mol. The lowest BCUT2D eigenvalue weighted by molar-refractivity contribution is -0.159. The fraction of sp³-hybridized carbons (Fsp3) is 0.350. The number of amidine groups is 1. The number of carboxylic acids is 1. The minimum Gasteiger partial charge on any atom is -0.494 e. The molecule has 3 rings (SSSR count). The van der Waals surface area contributed by atoms with Crippen molar-refractivity contribution >= 4 is 35.0 Å². The minimum atomic E-state index is -1.06. The van der Waals surface area contributed by atoms with Crippen molar-refractivity contribution in [3.8, 4) is 5.75 Å². The molecule has 164 valence electrons. The average Bonchev–Trinajstić information content (AvgIpc) is 3.27. The van der Waals surface area contributed by atoms with Gasteiger partial charge in [0.2, 0.25) is 0 Å². The molecule has 31 heavy (non-hydrogen) atoms. The molecule has 2 heterocycles. The number of carbonyl (C=O) groups is 3. The first-order chi connectivity index (χ1) is 14.9. The Kier molecular flexibility index (Phi) is 7.19. The Morgan fingerprint density at radius 2 is 2.00 bits per heavy atom. The molecule has 10 nitrogen and oxygen atoms in total. The van der Waals surface area contributed by atoms with E-state index in [9.17, 15) is 19.5 Å². The van der Waals surface area contributed by atoms with Crippen LogP contribution < -0.4 is 10.5 Å². The molecule has 1 unspecified atom stereocenters. The van der Waals surface area contributed by atoms with Gasteiger partial charge in [0.1, 0.15) is 16.6 Å². The van der Waals surface area contributed by atoms with E-state index < -0.39 is 23.8 Å². The van der Waals surface area contributed by atoms with Crippen molar-refractivity contribution in [1.29, 1.82) is 5.41 Å². The number of thiazole rings is 1. The number of amides is 2. The summed E-state index contributed by atoms with van der Waals surface area (Å²) >= 11 is 1.26. The quantitative estimate of drug-likeness (QED) is 0.214. The Morgan fingerprint density at radius 1 is 1.26 bits per heavy atom. The van der Waals surface area contributed by atoms with Gasteiger partial charge in [0.15, 0.2) is 0 Å². The second-order valence-electron chi connectivity index (χ2n) is 6.91. The molecule has 0 saturated carbocycles. The van der Waals surface area contributed by atoms with Gasteiger partial charge in [0.25, 0.3) is 0 Å². The standard InChI is InChI=1S/C20H23N5O5S/c21-17(22)13-2-4-14(5-3-13)30-10-1-7-24-8-9-25(20(29)19(24)28)15(12-16(26)27)18-23-6-11-31-18/h2-6,11,15H,1,7-10,12H2,(H3,21,22)(H,26,27). The molecule has 1 aromatic carbocycles. The first-order valence-electron chi connectivity index (χ1n) is 9.65. The van der Waals surface area contributed by atoms with E-state index in [0.29, 0.717) is 42.4 Å². The van der Waals surface area contributed by atoms with Gasteiger partial charge in [-0.15, -0.1) is 11.3 Å². The van der Waals surface area contributed by atoms with Crippen molar-refractivity contribution in [3.63, 3.8) is 0 Å². The first-order valence-corrected chi connectivity index (χ1v) is 10.5. The summed E-state index contributed by atoms with van der Waals surface area (Å²) in [6.07, 6.45) is 1.77. The number of nitrogens with zero attached hydrogens (tertiary/aromatic N) is 3. The number of benzene rings is 1. The van der Waals surface area contributed by atoms with Gasteiger partial charge in [-0.3, -0.25) is 19.8 Å². The lowest BCUT2D eigenvalue weighted by Gasteiger charge is -2.37. The molecule has 0 spiro atoms. The Hall–Kier alpha value is -3.47. The second kappa shape index (κ2) is 10.0. The molecule has 1 aliphatic heterocycles. The molecular weight excluding hydrogens is 422 g/mol. The number of nitrogens with two attached hydrogens (primary N) is 1. The van der Waals surface area contributed by atoms with E-state index in [2.05, 4.69) is 4.98 Å². The lowest BCUT2D eigenvalue weighted by atomic mass is 10.1. The number of carbonyl (C=O) groups excluding carboxylic acids is 2. The molecule has 2 amide bonds. The largest absolute Gasteiger partial charge is 0.494 e. The highest BCUT2D eigenvalue weighted by atomic mass is 32.1. The molecule has 0 radical (unpaired) electrons. The molecule has 4 N–H and O–H groups in total. The Bertz CT molecular complexity index is 947. The van der Waals surface area contributed by atoms with Crippen LogP contribution in [0.3, 0.4) is 0 Å².